The molecule has 0 aliphatic heterocycles. The fourth-order valence-electron chi connectivity index (χ4n) is 2.85. The van der Waals surface area contributed by atoms with Gasteiger partial charge in [-0.15, -0.1) is 0 Å². The van der Waals surface area contributed by atoms with Crippen molar-refractivity contribution < 1.29 is 17.9 Å². The molecule has 0 radical (unpaired) electrons. The fourth-order valence-corrected chi connectivity index (χ4v) is 4.11. The van der Waals surface area contributed by atoms with E-state index in [1.54, 1.807) is 49.6 Å². The van der Waals surface area contributed by atoms with Crippen LogP contribution in [-0.2, 0) is 14.8 Å². The number of nitrogens with one attached hydrogen (secondary N) is 2. The minimum atomic E-state index is -3.90. The summed E-state index contributed by atoms with van der Waals surface area (Å²) in [5.41, 5.74) is 3.15. The smallest absolute Gasteiger partial charge is 0.265 e. The molecular weight excluding hydrogens is 404 g/mol. The monoisotopic (exact) mass is 426 g/mol. The highest BCUT2D eigenvalue weighted by Gasteiger charge is 2.21. The molecule has 2 heterocycles. The number of methoxy groups -OCH3 is 1. The van der Waals surface area contributed by atoms with Crippen molar-refractivity contribution in [2.75, 3.05) is 17.1 Å². The molecule has 1 amide bonds. The van der Waals surface area contributed by atoms with Crippen molar-refractivity contribution in [3.8, 4) is 16.9 Å². The van der Waals surface area contributed by atoms with E-state index in [1.807, 2.05) is 6.92 Å². The predicted octanol–water partition coefficient (Wildman–Crippen LogP) is 3.53. The van der Waals surface area contributed by atoms with E-state index >= 15 is 0 Å². The zero-order valence-corrected chi connectivity index (χ0v) is 17.9. The third kappa shape index (κ3) is 4.74. The molecule has 156 valence electrons. The van der Waals surface area contributed by atoms with Crippen molar-refractivity contribution in [3.63, 3.8) is 0 Å². The molecule has 0 saturated heterocycles. The maximum atomic E-state index is 13.0. The highest BCUT2D eigenvalue weighted by atomic mass is 32.2. The zero-order chi connectivity index (χ0) is 21.9. The van der Waals surface area contributed by atoms with Gasteiger partial charge in [-0.2, -0.15) is 0 Å². The van der Waals surface area contributed by atoms with Gasteiger partial charge in [0.15, 0.2) is 0 Å². The Balaban J connectivity index is 1.98. The van der Waals surface area contributed by atoms with Crippen molar-refractivity contribution in [2.24, 2.45) is 0 Å². The Morgan fingerprint density at radius 3 is 2.50 bits per heavy atom. The van der Waals surface area contributed by atoms with E-state index in [0.29, 0.717) is 22.8 Å². The van der Waals surface area contributed by atoms with Crippen LogP contribution in [0.3, 0.4) is 0 Å². The molecule has 0 saturated carbocycles. The molecule has 0 aliphatic rings. The van der Waals surface area contributed by atoms with Crippen LogP contribution < -0.4 is 14.8 Å². The van der Waals surface area contributed by atoms with Gasteiger partial charge in [-0.1, -0.05) is 6.07 Å². The van der Waals surface area contributed by atoms with Crippen LogP contribution in [0.15, 0.2) is 53.7 Å². The summed E-state index contributed by atoms with van der Waals surface area (Å²) in [4.78, 5) is 19.7. The van der Waals surface area contributed by atoms with Crippen LogP contribution in [0.2, 0.25) is 0 Å². The summed E-state index contributed by atoms with van der Waals surface area (Å²) in [5.74, 6) is 0.424. The number of ether oxygens (including phenoxy) is 1. The number of pyridine rings is 2. The van der Waals surface area contributed by atoms with Crippen LogP contribution in [0.1, 0.15) is 18.2 Å². The third-order valence-corrected chi connectivity index (χ3v) is 5.74. The topological polar surface area (TPSA) is 110 Å². The SMILES string of the molecule is COc1cc(C)ccc1S(=O)(=O)Nc1cc(-c2ccnc(NC(C)=O)c2)cnc1C. The lowest BCUT2D eigenvalue weighted by Crippen LogP contribution is -2.15. The van der Waals surface area contributed by atoms with Gasteiger partial charge in [0.25, 0.3) is 10.0 Å². The van der Waals surface area contributed by atoms with Gasteiger partial charge in [0, 0.05) is 24.9 Å². The first-order chi connectivity index (χ1) is 14.2. The van der Waals surface area contributed by atoms with Gasteiger partial charge < -0.3 is 10.1 Å². The average Bonchev–Trinajstić information content (AvgIpc) is 2.69. The Morgan fingerprint density at radius 2 is 1.80 bits per heavy atom. The highest BCUT2D eigenvalue weighted by Crippen LogP contribution is 2.30. The van der Waals surface area contributed by atoms with Crippen molar-refractivity contribution in [3.05, 3.63) is 60.0 Å². The Morgan fingerprint density at radius 1 is 1.03 bits per heavy atom. The molecule has 0 fully saturated rings. The Labute approximate surface area is 175 Å². The number of rotatable bonds is 6. The zero-order valence-electron chi connectivity index (χ0n) is 17.1. The minimum Gasteiger partial charge on any atom is -0.495 e. The van der Waals surface area contributed by atoms with Crippen molar-refractivity contribution in [1.82, 2.24) is 9.97 Å². The number of anilines is 2. The largest absolute Gasteiger partial charge is 0.495 e. The molecule has 8 nitrogen and oxygen atoms in total. The van der Waals surface area contributed by atoms with Gasteiger partial charge in [0.1, 0.15) is 16.5 Å². The molecule has 1 aromatic carbocycles. The van der Waals surface area contributed by atoms with E-state index in [4.69, 9.17) is 4.74 Å². The number of nitrogens with zero attached hydrogens (tertiary/aromatic N) is 2. The molecule has 30 heavy (non-hydrogen) atoms. The van der Waals surface area contributed by atoms with E-state index in [1.165, 1.54) is 20.1 Å². The lowest BCUT2D eigenvalue weighted by molar-refractivity contribution is -0.114. The lowest BCUT2D eigenvalue weighted by Gasteiger charge is -2.14. The lowest BCUT2D eigenvalue weighted by atomic mass is 10.1. The second kappa shape index (κ2) is 8.50. The first-order valence-electron chi connectivity index (χ1n) is 9.08. The van der Waals surface area contributed by atoms with Gasteiger partial charge in [0.05, 0.1) is 18.5 Å². The number of benzene rings is 1. The maximum Gasteiger partial charge on any atom is 0.265 e. The molecule has 3 rings (SSSR count). The number of aromatic nitrogens is 2. The van der Waals surface area contributed by atoms with Crippen LogP contribution in [0.4, 0.5) is 11.5 Å². The number of carbonyl (C=O) groups excluding carboxylic acids is 1. The molecule has 2 aromatic heterocycles. The van der Waals surface area contributed by atoms with Gasteiger partial charge >= 0.3 is 0 Å². The number of carbonyl (C=O) groups is 1. The highest BCUT2D eigenvalue weighted by molar-refractivity contribution is 7.92. The van der Waals surface area contributed by atoms with Crippen LogP contribution in [0.5, 0.6) is 5.75 Å². The second-order valence-corrected chi connectivity index (χ2v) is 8.38. The van der Waals surface area contributed by atoms with Gasteiger partial charge in [-0.25, -0.2) is 13.4 Å². The summed E-state index contributed by atoms with van der Waals surface area (Å²) in [6.07, 6.45) is 3.19. The Bertz CT molecular complexity index is 1210. The van der Waals surface area contributed by atoms with Gasteiger partial charge in [-0.3, -0.25) is 14.5 Å². The van der Waals surface area contributed by atoms with Crippen molar-refractivity contribution >= 4 is 27.4 Å². The van der Waals surface area contributed by atoms with Crippen LogP contribution in [-0.4, -0.2) is 31.4 Å². The van der Waals surface area contributed by atoms with E-state index in [0.717, 1.165) is 11.1 Å². The molecule has 0 spiro atoms. The van der Waals surface area contributed by atoms with E-state index in [9.17, 15) is 13.2 Å². The normalized spacial score (nSPS) is 11.1. The fraction of sp³-hybridized carbons (Fsp3) is 0.190. The molecular formula is C21H22N4O4S. The molecule has 3 aromatic rings. The van der Waals surface area contributed by atoms with Crippen LogP contribution in [0.25, 0.3) is 11.1 Å². The summed E-state index contributed by atoms with van der Waals surface area (Å²) in [7, 11) is -2.47. The third-order valence-electron chi connectivity index (χ3n) is 4.34. The molecule has 9 heteroatoms. The molecule has 0 unspecified atom stereocenters. The number of hydrogen-bond donors (Lipinski definition) is 2. The Kier molecular flexibility index (Phi) is 6.02. The summed E-state index contributed by atoms with van der Waals surface area (Å²) >= 11 is 0. The predicted molar refractivity (Wildman–Crippen MR) is 115 cm³/mol. The standard InChI is InChI=1S/C21H22N4O4S/c1-13-5-6-20(19(9-13)29-4)30(27,28)25-18-10-17(12-23-14(18)2)16-7-8-22-21(11-16)24-15(3)26/h5-12,25H,1-4H3,(H,22,24,26). The first-order valence-corrected chi connectivity index (χ1v) is 10.6. The summed E-state index contributed by atoms with van der Waals surface area (Å²) in [6.45, 7) is 4.96. The van der Waals surface area contributed by atoms with E-state index in [-0.39, 0.29) is 16.6 Å². The summed E-state index contributed by atoms with van der Waals surface area (Å²) in [6, 6.07) is 10.0. The first kappa shape index (κ1) is 21.3. The molecule has 0 bridgehead atoms. The number of sulfonamides is 1. The van der Waals surface area contributed by atoms with Gasteiger partial charge in [-0.05, 0) is 55.3 Å². The van der Waals surface area contributed by atoms with Crippen molar-refractivity contribution in [1.29, 1.82) is 0 Å². The van der Waals surface area contributed by atoms with Crippen LogP contribution >= 0.6 is 0 Å². The average molecular weight is 426 g/mol. The maximum absolute atomic E-state index is 13.0. The molecule has 0 atom stereocenters. The van der Waals surface area contributed by atoms with Crippen molar-refractivity contribution in [2.45, 2.75) is 25.7 Å². The van der Waals surface area contributed by atoms with E-state index < -0.39 is 10.0 Å². The molecule has 2 N–H and O–H groups in total. The number of aryl methyl sites for hydroxylation is 2. The Hall–Kier alpha value is -3.46. The number of hydrogen-bond acceptors (Lipinski definition) is 6. The van der Waals surface area contributed by atoms with E-state index in [2.05, 4.69) is 20.0 Å². The summed E-state index contributed by atoms with van der Waals surface area (Å²) < 4.78 is 33.8. The summed E-state index contributed by atoms with van der Waals surface area (Å²) in [5, 5.41) is 2.62. The van der Waals surface area contributed by atoms with Crippen LogP contribution in [0, 0.1) is 13.8 Å². The van der Waals surface area contributed by atoms with Gasteiger partial charge in [0.2, 0.25) is 5.91 Å². The quantitative estimate of drug-likeness (QED) is 0.624. The minimum absolute atomic E-state index is 0.0391. The second-order valence-electron chi connectivity index (χ2n) is 6.73. The molecule has 0 aliphatic carbocycles. The number of amides is 1.